The van der Waals surface area contributed by atoms with Crippen LogP contribution in [0, 0.1) is 0 Å². The second-order valence-electron chi connectivity index (χ2n) is 14.9. The zero-order valence-corrected chi connectivity index (χ0v) is 33.1. The minimum absolute atomic E-state index is 1.10. The highest BCUT2D eigenvalue weighted by molar-refractivity contribution is 6.18. The van der Waals surface area contributed by atoms with Gasteiger partial charge in [-0.1, -0.05) is 182 Å². The molecule has 0 N–H and O–H groups in total. The molecule has 284 valence electrons. The second-order valence-corrected chi connectivity index (χ2v) is 14.9. The Bertz CT molecular complexity index is 2680. The highest BCUT2D eigenvalue weighted by atomic mass is 15.1. The van der Waals surface area contributed by atoms with Gasteiger partial charge < -0.3 is 9.80 Å². The van der Waals surface area contributed by atoms with Crippen LogP contribution in [0.4, 0.5) is 34.1 Å². The molecule has 0 saturated heterocycles. The standard InChI is InChI=1S/C58H42N2/c1-7-21-43(22-8-1)57-55(45-35-39-51(40-36-45)59(47-25-11-3-12-26-47)48-27-13-4-14-28-48)53-33-19-20-34-54(53)56(58(57)44-23-9-2-10-24-44)46-37-41-52(42-38-46)60(49-29-15-5-16-30-49)50-31-17-6-18-32-50/h1-42H. The molecule has 0 aromatic heterocycles. The normalized spacial score (nSPS) is 11.0. The van der Waals surface area contributed by atoms with E-state index in [1.165, 1.54) is 44.2 Å². The molecule has 0 heterocycles. The molecule has 60 heavy (non-hydrogen) atoms. The van der Waals surface area contributed by atoms with E-state index in [1.807, 2.05) is 0 Å². The van der Waals surface area contributed by atoms with E-state index in [4.69, 9.17) is 0 Å². The Balaban J connectivity index is 1.20. The SMILES string of the molecule is c1ccc(-c2c(-c3ccccc3)c(-c3ccc(N(c4ccccc4)c4ccccc4)cc3)c3ccccc3c2-c2ccc(N(c3ccccc3)c3ccccc3)cc2)cc1. The van der Waals surface area contributed by atoms with Crippen molar-refractivity contribution in [2.75, 3.05) is 9.80 Å². The lowest BCUT2D eigenvalue weighted by atomic mass is 9.79. The Labute approximate surface area is 352 Å². The van der Waals surface area contributed by atoms with Gasteiger partial charge in [-0.2, -0.15) is 0 Å². The van der Waals surface area contributed by atoms with Crippen LogP contribution in [0.5, 0.6) is 0 Å². The fourth-order valence-corrected chi connectivity index (χ4v) is 8.58. The zero-order chi connectivity index (χ0) is 40.1. The molecule has 2 heteroatoms. The number of nitrogens with zero attached hydrogens (tertiary/aromatic N) is 2. The Morgan fingerprint density at radius 2 is 0.383 bits per heavy atom. The van der Waals surface area contributed by atoms with Gasteiger partial charge in [0.1, 0.15) is 0 Å². The van der Waals surface area contributed by atoms with E-state index in [2.05, 4.69) is 265 Å². The highest BCUT2D eigenvalue weighted by Crippen LogP contribution is 2.51. The second kappa shape index (κ2) is 16.5. The molecule has 10 rings (SSSR count). The number of anilines is 6. The average Bonchev–Trinajstić information content (AvgIpc) is 3.33. The van der Waals surface area contributed by atoms with Crippen LogP contribution in [0.3, 0.4) is 0 Å². The summed E-state index contributed by atoms with van der Waals surface area (Å²) in [4.78, 5) is 4.64. The molecule has 0 amide bonds. The van der Waals surface area contributed by atoms with Crippen molar-refractivity contribution in [2.45, 2.75) is 0 Å². The number of fused-ring (bicyclic) bond motifs is 1. The van der Waals surface area contributed by atoms with Crippen LogP contribution >= 0.6 is 0 Å². The van der Waals surface area contributed by atoms with Crippen molar-refractivity contribution in [3.8, 4) is 44.5 Å². The summed E-state index contributed by atoms with van der Waals surface area (Å²) >= 11 is 0. The predicted octanol–water partition coefficient (Wildman–Crippen LogP) is 16.4. The van der Waals surface area contributed by atoms with Crippen molar-refractivity contribution in [2.24, 2.45) is 0 Å². The van der Waals surface area contributed by atoms with Gasteiger partial charge in [-0.3, -0.25) is 0 Å². The van der Waals surface area contributed by atoms with E-state index in [0.29, 0.717) is 0 Å². The molecule has 0 radical (unpaired) electrons. The Morgan fingerprint density at radius 3 is 0.667 bits per heavy atom. The van der Waals surface area contributed by atoms with E-state index in [9.17, 15) is 0 Å². The van der Waals surface area contributed by atoms with E-state index < -0.39 is 0 Å². The fourth-order valence-electron chi connectivity index (χ4n) is 8.58. The number of benzene rings is 10. The molecule has 10 aromatic carbocycles. The van der Waals surface area contributed by atoms with E-state index in [0.717, 1.165) is 45.3 Å². The monoisotopic (exact) mass is 766 g/mol. The van der Waals surface area contributed by atoms with Gasteiger partial charge >= 0.3 is 0 Å². The predicted molar refractivity (Wildman–Crippen MR) is 255 cm³/mol. The van der Waals surface area contributed by atoms with Crippen LogP contribution in [-0.2, 0) is 0 Å². The summed E-state index contributed by atoms with van der Waals surface area (Å²) in [6, 6.07) is 91.4. The van der Waals surface area contributed by atoms with Crippen molar-refractivity contribution < 1.29 is 0 Å². The first-order chi connectivity index (χ1) is 29.8. The summed E-state index contributed by atoms with van der Waals surface area (Å²) in [6.45, 7) is 0. The number of para-hydroxylation sites is 4. The lowest BCUT2D eigenvalue weighted by Gasteiger charge is -2.27. The fraction of sp³-hybridized carbons (Fsp3) is 0. The van der Waals surface area contributed by atoms with E-state index in [-0.39, 0.29) is 0 Å². The Morgan fingerprint density at radius 1 is 0.167 bits per heavy atom. The summed E-state index contributed by atoms with van der Waals surface area (Å²) in [5, 5.41) is 2.42. The average molecular weight is 767 g/mol. The maximum Gasteiger partial charge on any atom is 0.0462 e. The molecule has 2 nitrogen and oxygen atoms in total. The third-order valence-corrected chi connectivity index (χ3v) is 11.2. The topological polar surface area (TPSA) is 6.48 Å². The van der Waals surface area contributed by atoms with Crippen molar-refractivity contribution in [1.29, 1.82) is 0 Å². The van der Waals surface area contributed by atoms with Gasteiger partial charge in [-0.25, -0.2) is 0 Å². The van der Waals surface area contributed by atoms with Crippen molar-refractivity contribution in [3.63, 3.8) is 0 Å². The van der Waals surface area contributed by atoms with Crippen molar-refractivity contribution in [3.05, 3.63) is 255 Å². The van der Waals surface area contributed by atoms with Crippen LogP contribution in [0.2, 0.25) is 0 Å². The Kier molecular flexibility index (Phi) is 10.0. The summed E-state index contributed by atoms with van der Waals surface area (Å²) in [7, 11) is 0. The minimum atomic E-state index is 1.10. The highest BCUT2D eigenvalue weighted by Gasteiger charge is 2.24. The molecule has 0 unspecified atom stereocenters. The third-order valence-electron chi connectivity index (χ3n) is 11.2. The molecule has 0 aliphatic rings. The van der Waals surface area contributed by atoms with Gasteiger partial charge in [0.2, 0.25) is 0 Å². The van der Waals surface area contributed by atoms with Crippen LogP contribution < -0.4 is 9.80 Å². The molecule has 0 spiro atoms. The van der Waals surface area contributed by atoms with Crippen molar-refractivity contribution >= 4 is 44.9 Å². The molecular formula is C58H42N2. The van der Waals surface area contributed by atoms with Crippen molar-refractivity contribution in [1.82, 2.24) is 0 Å². The van der Waals surface area contributed by atoms with Gasteiger partial charge in [-0.15, -0.1) is 0 Å². The summed E-state index contributed by atoms with van der Waals surface area (Å²) in [5.74, 6) is 0. The van der Waals surface area contributed by atoms with Gasteiger partial charge in [0, 0.05) is 34.1 Å². The van der Waals surface area contributed by atoms with Crippen LogP contribution in [-0.4, -0.2) is 0 Å². The van der Waals surface area contributed by atoms with Crippen LogP contribution in [0.15, 0.2) is 255 Å². The molecule has 0 aliphatic heterocycles. The first-order valence-electron chi connectivity index (χ1n) is 20.5. The zero-order valence-electron chi connectivity index (χ0n) is 33.1. The van der Waals surface area contributed by atoms with E-state index >= 15 is 0 Å². The summed E-state index contributed by atoms with van der Waals surface area (Å²) in [5.41, 5.74) is 16.2. The van der Waals surface area contributed by atoms with Crippen LogP contribution in [0.1, 0.15) is 0 Å². The smallest absolute Gasteiger partial charge is 0.0462 e. The number of hydrogen-bond acceptors (Lipinski definition) is 2. The van der Waals surface area contributed by atoms with E-state index in [1.54, 1.807) is 0 Å². The molecule has 0 aliphatic carbocycles. The maximum atomic E-state index is 2.32. The molecule has 0 bridgehead atoms. The molecule has 0 fully saturated rings. The van der Waals surface area contributed by atoms with Gasteiger partial charge in [0.25, 0.3) is 0 Å². The number of rotatable bonds is 10. The maximum absolute atomic E-state index is 2.32. The summed E-state index contributed by atoms with van der Waals surface area (Å²) in [6.07, 6.45) is 0. The molecule has 0 saturated carbocycles. The Hall–Kier alpha value is -7.94. The first kappa shape index (κ1) is 36.4. The molecular weight excluding hydrogens is 725 g/mol. The molecule has 10 aromatic rings. The first-order valence-corrected chi connectivity index (χ1v) is 20.5. The van der Waals surface area contributed by atoms with Crippen LogP contribution in [0.25, 0.3) is 55.3 Å². The molecule has 0 atom stereocenters. The van der Waals surface area contributed by atoms with Gasteiger partial charge in [0.05, 0.1) is 0 Å². The lowest BCUT2D eigenvalue weighted by Crippen LogP contribution is -2.09. The third kappa shape index (κ3) is 7.01. The quantitative estimate of drug-likeness (QED) is 0.137. The van der Waals surface area contributed by atoms with Gasteiger partial charge in [-0.05, 0) is 128 Å². The summed E-state index contributed by atoms with van der Waals surface area (Å²) < 4.78 is 0. The lowest BCUT2D eigenvalue weighted by molar-refractivity contribution is 1.28. The minimum Gasteiger partial charge on any atom is -0.311 e. The van der Waals surface area contributed by atoms with Gasteiger partial charge in [0.15, 0.2) is 0 Å². The number of hydrogen-bond donors (Lipinski definition) is 0. The largest absolute Gasteiger partial charge is 0.311 e.